The van der Waals surface area contributed by atoms with Gasteiger partial charge in [0.1, 0.15) is 11.5 Å². The van der Waals surface area contributed by atoms with Crippen LogP contribution in [0, 0.1) is 18.3 Å². The van der Waals surface area contributed by atoms with E-state index in [4.69, 9.17) is 15.2 Å². The van der Waals surface area contributed by atoms with Gasteiger partial charge in [-0.1, -0.05) is 36.4 Å². The van der Waals surface area contributed by atoms with Gasteiger partial charge in [-0.2, -0.15) is 18.4 Å². The molecular weight excluding hydrogens is 451 g/mol. The molecule has 1 atom stereocenters. The number of alkyl halides is 3. The number of aryl methyl sites for hydroxylation is 1. The lowest BCUT2D eigenvalue weighted by molar-refractivity contribution is -0.139. The Kier molecular flexibility index (Phi) is 6.68. The maximum absolute atomic E-state index is 13.6. The summed E-state index contributed by atoms with van der Waals surface area (Å²) >= 11 is 0. The highest BCUT2D eigenvalue weighted by Crippen LogP contribution is 2.44. The van der Waals surface area contributed by atoms with E-state index in [1.54, 1.807) is 30.3 Å². The number of rotatable bonds is 4. The second-order valence-electron chi connectivity index (χ2n) is 7.33. The Morgan fingerprint density at radius 3 is 2.21 bits per heavy atom. The van der Waals surface area contributed by atoms with Crippen LogP contribution in [0.1, 0.15) is 22.6 Å². The lowest BCUT2D eigenvalue weighted by Gasteiger charge is -2.36. The van der Waals surface area contributed by atoms with Crippen LogP contribution < -0.4 is 10.6 Å². The van der Waals surface area contributed by atoms with Crippen molar-refractivity contribution in [2.75, 3.05) is 19.1 Å². The van der Waals surface area contributed by atoms with E-state index in [1.165, 1.54) is 19.1 Å². The first-order valence-electron chi connectivity index (χ1n) is 9.90. The van der Waals surface area contributed by atoms with Gasteiger partial charge in [-0.05, 0) is 30.2 Å². The molecule has 0 saturated carbocycles. The summed E-state index contributed by atoms with van der Waals surface area (Å²) in [5, 5.41) is 9.95. The third-order valence-electron chi connectivity index (χ3n) is 5.40. The molecule has 1 aliphatic heterocycles. The molecule has 0 spiro atoms. The zero-order valence-corrected chi connectivity index (χ0v) is 18.4. The van der Waals surface area contributed by atoms with Gasteiger partial charge in [0, 0.05) is 5.69 Å². The number of esters is 2. The van der Waals surface area contributed by atoms with Gasteiger partial charge in [-0.3, -0.25) is 4.90 Å². The lowest BCUT2D eigenvalue weighted by Crippen LogP contribution is -2.40. The Morgan fingerprint density at radius 1 is 1.06 bits per heavy atom. The molecule has 7 nitrogen and oxygen atoms in total. The van der Waals surface area contributed by atoms with Crippen molar-refractivity contribution in [1.82, 2.24) is 0 Å². The minimum atomic E-state index is -4.70. The first kappa shape index (κ1) is 24.4. The number of halogens is 3. The summed E-state index contributed by atoms with van der Waals surface area (Å²) in [5.41, 5.74) is 4.64. The van der Waals surface area contributed by atoms with Crippen molar-refractivity contribution in [1.29, 1.82) is 5.26 Å². The van der Waals surface area contributed by atoms with E-state index >= 15 is 0 Å². The first-order chi connectivity index (χ1) is 16.1. The van der Waals surface area contributed by atoms with Crippen LogP contribution in [0.25, 0.3) is 0 Å². The van der Waals surface area contributed by atoms with Gasteiger partial charge < -0.3 is 15.2 Å². The predicted octanol–water partition coefficient (Wildman–Crippen LogP) is 3.91. The van der Waals surface area contributed by atoms with Crippen molar-refractivity contribution in [3.05, 3.63) is 87.9 Å². The maximum atomic E-state index is 13.6. The summed E-state index contributed by atoms with van der Waals surface area (Å²) in [6.07, 6.45) is -4.70. The van der Waals surface area contributed by atoms with Crippen LogP contribution in [-0.4, -0.2) is 26.2 Å². The average molecular weight is 471 g/mol. The van der Waals surface area contributed by atoms with E-state index in [-0.39, 0.29) is 28.2 Å². The number of hydrogen-bond donors (Lipinski definition) is 1. The lowest BCUT2D eigenvalue weighted by atomic mass is 9.81. The van der Waals surface area contributed by atoms with Crippen molar-refractivity contribution in [2.24, 2.45) is 5.73 Å². The monoisotopic (exact) mass is 471 g/mol. The first-order valence-corrected chi connectivity index (χ1v) is 9.90. The molecule has 0 fully saturated rings. The molecule has 2 aromatic carbocycles. The van der Waals surface area contributed by atoms with E-state index in [2.05, 4.69) is 0 Å². The molecule has 2 aromatic rings. The fourth-order valence-corrected chi connectivity index (χ4v) is 3.84. The maximum Gasteiger partial charge on any atom is 0.416 e. The van der Waals surface area contributed by atoms with Crippen LogP contribution in [0.2, 0.25) is 0 Å². The molecule has 0 saturated heterocycles. The Labute approximate surface area is 193 Å². The third-order valence-corrected chi connectivity index (χ3v) is 5.40. The van der Waals surface area contributed by atoms with Crippen LogP contribution in [0.5, 0.6) is 0 Å². The number of nitrogens with two attached hydrogens (primary N) is 1. The molecule has 1 aliphatic rings. The van der Waals surface area contributed by atoms with Gasteiger partial charge >= 0.3 is 18.1 Å². The Hall–Kier alpha value is -4.26. The summed E-state index contributed by atoms with van der Waals surface area (Å²) in [6, 6.07) is 13.5. The number of allylic oxidation sites excluding steroid dienone is 1. The summed E-state index contributed by atoms with van der Waals surface area (Å²) in [4.78, 5) is 26.8. The zero-order valence-electron chi connectivity index (χ0n) is 18.4. The molecule has 10 heteroatoms. The molecule has 0 aromatic heterocycles. The fraction of sp³-hybridized carbons (Fsp3) is 0.208. The van der Waals surface area contributed by atoms with Crippen molar-refractivity contribution in [3.8, 4) is 6.07 Å². The molecule has 0 amide bonds. The molecule has 0 aliphatic carbocycles. The highest BCUT2D eigenvalue weighted by molar-refractivity contribution is 6.06. The topological polar surface area (TPSA) is 106 Å². The number of methoxy groups -OCH3 is 2. The highest BCUT2D eigenvalue weighted by Gasteiger charge is 2.43. The van der Waals surface area contributed by atoms with Gasteiger partial charge in [0.25, 0.3) is 0 Å². The second-order valence-corrected chi connectivity index (χ2v) is 7.33. The fourth-order valence-electron chi connectivity index (χ4n) is 3.84. The SMILES string of the molecule is COC(=O)C1=C(C(=O)OC)N(c2ccc(C)c(C(F)(F)F)c2)C(N)=C(C#N)C1c1ccccc1. The Balaban J connectivity index is 2.43. The second kappa shape index (κ2) is 9.31. The van der Waals surface area contributed by atoms with Gasteiger partial charge in [-0.25, -0.2) is 9.59 Å². The number of anilines is 1. The minimum absolute atomic E-state index is 0.0599. The van der Waals surface area contributed by atoms with Crippen LogP contribution >= 0.6 is 0 Å². The largest absolute Gasteiger partial charge is 0.466 e. The standard InChI is InChI=1S/C24H20F3N3O4/c1-13-9-10-15(11-17(13)24(25,26)27)30-20(23(32)34-3)19(22(31)33-2)18(16(12-28)21(30)29)14-7-5-4-6-8-14/h4-11,18H,29H2,1-3H3. The molecule has 1 heterocycles. The van der Waals surface area contributed by atoms with Gasteiger partial charge in [-0.15, -0.1) is 0 Å². The number of hydrogen-bond acceptors (Lipinski definition) is 7. The van der Waals surface area contributed by atoms with Crippen LogP contribution in [-0.2, 0) is 25.2 Å². The number of ether oxygens (including phenoxy) is 2. The highest BCUT2D eigenvalue weighted by atomic mass is 19.4. The number of carbonyl (C=O) groups is 2. The number of benzene rings is 2. The summed E-state index contributed by atoms with van der Waals surface area (Å²) < 4.78 is 50.6. The van der Waals surface area contributed by atoms with E-state index in [1.807, 2.05) is 6.07 Å². The van der Waals surface area contributed by atoms with Gasteiger partial charge in [0.05, 0.1) is 42.9 Å². The van der Waals surface area contributed by atoms with Crippen molar-refractivity contribution < 1.29 is 32.2 Å². The number of carbonyl (C=O) groups excluding carboxylic acids is 2. The molecule has 0 radical (unpaired) electrons. The van der Waals surface area contributed by atoms with E-state index in [9.17, 15) is 28.0 Å². The summed E-state index contributed by atoms with van der Waals surface area (Å²) in [7, 11) is 2.13. The molecular formula is C24H20F3N3O4. The van der Waals surface area contributed by atoms with Crippen molar-refractivity contribution >= 4 is 17.6 Å². The minimum Gasteiger partial charge on any atom is -0.466 e. The summed E-state index contributed by atoms with van der Waals surface area (Å²) in [6.45, 7) is 1.28. The van der Waals surface area contributed by atoms with E-state index in [0.717, 1.165) is 25.2 Å². The van der Waals surface area contributed by atoms with Crippen molar-refractivity contribution in [3.63, 3.8) is 0 Å². The van der Waals surface area contributed by atoms with Crippen LogP contribution in [0.4, 0.5) is 18.9 Å². The van der Waals surface area contributed by atoms with E-state index < -0.39 is 35.3 Å². The normalized spacial score (nSPS) is 16.3. The van der Waals surface area contributed by atoms with E-state index in [0.29, 0.717) is 5.56 Å². The van der Waals surface area contributed by atoms with Crippen LogP contribution in [0.3, 0.4) is 0 Å². The van der Waals surface area contributed by atoms with Gasteiger partial charge in [0.15, 0.2) is 0 Å². The summed E-state index contributed by atoms with van der Waals surface area (Å²) in [5.74, 6) is -3.45. The quantitative estimate of drug-likeness (QED) is 0.674. The average Bonchev–Trinajstić information content (AvgIpc) is 2.82. The third kappa shape index (κ3) is 4.20. The molecule has 3 rings (SSSR count). The van der Waals surface area contributed by atoms with Gasteiger partial charge in [0.2, 0.25) is 0 Å². The molecule has 1 unspecified atom stereocenters. The number of nitriles is 1. The molecule has 176 valence electrons. The molecule has 34 heavy (non-hydrogen) atoms. The molecule has 0 bridgehead atoms. The molecule has 2 N–H and O–H groups in total. The van der Waals surface area contributed by atoms with Crippen molar-refractivity contribution in [2.45, 2.75) is 19.0 Å². The smallest absolute Gasteiger partial charge is 0.416 e. The Morgan fingerprint density at radius 2 is 1.68 bits per heavy atom. The number of nitrogens with zero attached hydrogens (tertiary/aromatic N) is 2. The Bertz CT molecular complexity index is 1240. The van der Waals surface area contributed by atoms with Crippen LogP contribution in [0.15, 0.2) is 71.2 Å². The predicted molar refractivity (Wildman–Crippen MR) is 116 cm³/mol. The zero-order chi connectivity index (χ0) is 25.2.